The number of hydrogen-bond acceptors (Lipinski definition) is 5. The summed E-state index contributed by atoms with van der Waals surface area (Å²) >= 11 is 0. The van der Waals surface area contributed by atoms with E-state index in [1.54, 1.807) is 24.3 Å². The third-order valence-corrected chi connectivity index (χ3v) is 6.32. The first-order chi connectivity index (χ1) is 16.9. The van der Waals surface area contributed by atoms with E-state index in [0.717, 1.165) is 17.7 Å². The number of nitrogens with zero attached hydrogens (tertiary/aromatic N) is 4. The predicted octanol–water partition coefficient (Wildman–Crippen LogP) is 3.74. The molecule has 2 saturated heterocycles. The summed E-state index contributed by atoms with van der Waals surface area (Å²) in [5.74, 6) is -0.923. The summed E-state index contributed by atoms with van der Waals surface area (Å²) in [6.45, 7) is 3.09. The smallest absolute Gasteiger partial charge is 0.414 e. The van der Waals surface area contributed by atoms with Crippen molar-refractivity contribution in [3.63, 3.8) is 0 Å². The quantitative estimate of drug-likeness (QED) is 0.580. The van der Waals surface area contributed by atoms with Gasteiger partial charge in [0.15, 0.2) is 0 Å². The maximum atomic E-state index is 15.1. The number of nitrogens with one attached hydrogen (secondary N) is 1. The molecule has 2 amide bonds. The zero-order valence-corrected chi connectivity index (χ0v) is 19.2. The van der Waals surface area contributed by atoms with Crippen molar-refractivity contribution in [3.05, 3.63) is 66.4 Å². The van der Waals surface area contributed by atoms with E-state index in [1.165, 1.54) is 30.0 Å². The van der Waals surface area contributed by atoms with Crippen molar-refractivity contribution < 1.29 is 23.1 Å². The van der Waals surface area contributed by atoms with Gasteiger partial charge in [-0.1, -0.05) is 0 Å². The minimum absolute atomic E-state index is 0.0753. The highest BCUT2D eigenvalue weighted by molar-refractivity contribution is 5.90. The number of cyclic esters (lactones) is 1. The lowest BCUT2D eigenvalue weighted by Gasteiger charge is -2.21. The Bertz CT molecular complexity index is 1250. The van der Waals surface area contributed by atoms with Gasteiger partial charge in [-0.15, -0.1) is 0 Å². The van der Waals surface area contributed by atoms with E-state index in [0.29, 0.717) is 24.5 Å². The first-order valence-corrected chi connectivity index (χ1v) is 11.5. The van der Waals surface area contributed by atoms with Gasteiger partial charge in [-0.3, -0.25) is 14.4 Å². The van der Waals surface area contributed by atoms with Crippen LogP contribution in [0.15, 0.2) is 54.7 Å². The molecule has 8 nitrogen and oxygen atoms in total. The van der Waals surface area contributed by atoms with Crippen molar-refractivity contribution in [3.8, 4) is 11.3 Å². The molecule has 1 unspecified atom stereocenters. The van der Waals surface area contributed by atoms with Gasteiger partial charge in [0.1, 0.15) is 17.7 Å². The second-order valence-electron chi connectivity index (χ2n) is 8.77. The molecule has 2 aromatic carbocycles. The topological polar surface area (TPSA) is 79.7 Å². The summed E-state index contributed by atoms with van der Waals surface area (Å²) in [6, 6.07) is 12.9. The lowest BCUT2D eigenvalue weighted by atomic mass is 10.1. The molecule has 1 N–H and O–H groups in total. The minimum atomic E-state index is -0.565. The van der Waals surface area contributed by atoms with Gasteiger partial charge in [0.2, 0.25) is 5.91 Å². The molecule has 5 rings (SSSR count). The molecular formula is C25H25F2N5O3. The van der Waals surface area contributed by atoms with Crippen molar-refractivity contribution in [2.45, 2.75) is 25.5 Å². The molecule has 35 heavy (non-hydrogen) atoms. The summed E-state index contributed by atoms with van der Waals surface area (Å²) in [5, 5.41) is 7.26. The number of carbonyl (C=O) groups is 2. The summed E-state index contributed by atoms with van der Waals surface area (Å²) < 4.78 is 35.4. The van der Waals surface area contributed by atoms with Crippen LogP contribution in [0, 0.1) is 11.6 Å². The number of aromatic nitrogens is 2. The standard InChI is InChI=1S/C25H25F2N5O3/c1-16(33)28-13-21-15-31(25(34)35-21)19-6-7-24(22(27)12-19)30-10-8-20(14-30)32-11-9-23(29-32)17-2-4-18(26)5-3-17/h2-7,9,11-12,20-21H,8,10,13-15H2,1H3,(H,28,33)/t20?,21-/m0/s1. The van der Waals surface area contributed by atoms with E-state index >= 15 is 4.39 Å². The number of halogens is 2. The second kappa shape index (κ2) is 9.36. The highest BCUT2D eigenvalue weighted by Gasteiger charge is 2.33. The minimum Gasteiger partial charge on any atom is -0.442 e. The van der Waals surface area contributed by atoms with E-state index in [1.807, 2.05) is 21.8 Å². The molecule has 0 saturated carbocycles. The number of carbonyl (C=O) groups excluding carboxylic acids is 2. The molecule has 2 fully saturated rings. The molecule has 0 aliphatic carbocycles. The molecule has 10 heteroatoms. The van der Waals surface area contributed by atoms with E-state index in [9.17, 15) is 14.0 Å². The van der Waals surface area contributed by atoms with Crippen LogP contribution in [-0.4, -0.2) is 54.1 Å². The first kappa shape index (κ1) is 22.8. The van der Waals surface area contributed by atoms with Crippen LogP contribution in [0.3, 0.4) is 0 Å². The molecule has 2 aliphatic heterocycles. The molecular weight excluding hydrogens is 456 g/mol. The van der Waals surface area contributed by atoms with Crippen LogP contribution in [0.5, 0.6) is 0 Å². The zero-order valence-electron chi connectivity index (χ0n) is 19.2. The van der Waals surface area contributed by atoms with Crippen molar-refractivity contribution in [2.24, 2.45) is 0 Å². The van der Waals surface area contributed by atoms with Gasteiger partial charge in [0.25, 0.3) is 0 Å². The van der Waals surface area contributed by atoms with Crippen LogP contribution >= 0.6 is 0 Å². The van der Waals surface area contributed by atoms with Crippen molar-refractivity contribution in [1.82, 2.24) is 15.1 Å². The SMILES string of the molecule is CC(=O)NC[C@H]1CN(c2ccc(N3CCC(n4ccc(-c5ccc(F)cc5)n4)C3)c(F)c2)C(=O)O1. The number of anilines is 2. The van der Waals surface area contributed by atoms with Gasteiger partial charge in [-0.05, 0) is 55.0 Å². The van der Waals surface area contributed by atoms with E-state index in [4.69, 9.17) is 4.74 Å². The summed E-state index contributed by atoms with van der Waals surface area (Å²) in [6.07, 6.45) is 1.64. The Morgan fingerprint density at radius 3 is 2.69 bits per heavy atom. The van der Waals surface area contributed by atoms with Crippen LogP contribution in [0.2, 0.25) is 0 Å². The van der Waals surface area contributed by atoms with E-state index in [2.05, 4.69) is 10.4 Å². The van der Waals surface area contributed by atoms with Gasteiger partial charge in [-0.25, -0.2) is 13.6 Å². The van der Waals surface area contributed by atoms with Gasteiger partial charge >= 0.3 is 6.09 Å². The Morgan fingerprint density at radius 1 is 1.14 bits per heavy atom. The van der Waals surface area contributed by atoms with E-state index in [-0.39, 0.29) is 30.9 Å². The number of amides is 2. The predicted molar refractivity (Wildman–Crippen MR) is 126 cm³/mol. The molecule has 2 aliphatic rings. The van der Waals surface area contributed by atoms with Crippen molar-refractivity contribution in [2.75, 3.05) is 36.0 Å². The van der Waals surface area contributed by atoms with Gasteiger partial charge in [-0.2, -0.15) is 5.10 Å². The molecule has 2 atom stereocenters. The third kappa shape index (κ3) is 4.82. The molecule has 182 valence electrons. The Morgan fingerprint density at radius 2 is 1.94 bits per heavy atom. The lowest BCUT2D eigenvalue weighted by Crippen LogP contribution is -2.33. The summed E-state index contributed by atoms with van der Waals surface area (Å²) in [4.78, 5) is 26.7. The Hall–Kier alpha value is -3.95. The molecule has 1 aromatic heterocycles. The Balaban J connectivity index is 1.24. The number of hydrogen-bond donors (Lipinski definition) is 1. The average Bonchev–Trinajstić information content (AvgIpc) is 3.58. The third-order valence-electron chi connectivity index (χ3n) is 6.32. The van der Waals surface area contributed by atoms with Crippen LogP contribution in [0.1, 0.15) is 19.4 Å². The highest BCUT2D eigenvalue weighted by atomic mass is 19.1. The normalized spacial score (nSPS) is 19.8. The number of ether oxygens (including phenoxy) is 1. The van der Waals surface area contributed by atoms with Crippen LogP contribution in [0.4, 0.5) is 25.0 Å². The first-order valence-electron chi connectivity index (χ1n) is 11.5. The van der Waals surface area contributed by atoms with Gasteiger partial charge < -0.3 is 15.0 Å². The van der Waals surface area contributed by atoms with Gasteiger partial charge in [0, 0.05) is 31.8 Å². The fraction of sp³-hybridized carbons (Fsp3) is 0.320. The molecule has 0 bridgehead atoms. The molecule has 0 spiro atoms. The molecule has 3 aromatic rings. The fourth-order valence-corrected chi connectivity index (χ4v) is 4.51. The van der Waals surface area contributed by atoms with E-state index < -0.39 is 18.0 Å². The lowest BCUT2D eigenvalue weighted by molar-refractivity contribution is -0.119. The van der Waals surface area contributed by atoms with Crippen LogP contribution in [0.25, 0.3) is 11.3 Å². The number of benzene rings is 2. The second-order valence-corrected chi connectivity index (χ2v) is 8.77. The maximum absolute atomic E-state index is 15.1. The Kier molecular flexibility index (Phi) is 6.10. The fourth-order valence-electron chi connectivity index (χ4n) is 4.51. The molecule has 3 heterocycles. The summed E-state index contributed by atoms with van der Waals surface area (Å²) in [5.41, 5.74) is 2.47. The molecule has 0 radical (unpaired) electrons. The summed E-state index contributed by atoms with van der Waals surface area (Å²) in [7, 11) is 0. The van der Waals surface area contributed by atoms with Gasteiger partial charge in [0.05, 0.1) is 36.2 Å². The van der Waals surface area contributed by atoms with Crippen molar-refractivity contribution >= 4 is 23.4 Å². The average molecular weight is 482 g/mol. The maximum Gasteiger partial charge on any atom is 0.414 e. The Labute approximate surface area is 201 Å². The van der Waals surface area contributed by atoms with Crippen LogP contribution in [-0.2, 0) is 9.53 Å². The highest BCUT2D eigenvalue weighted by Crippen LogP contribution is 2.32. The van der Waals surface area contributed by atoms with Crippen molar-refractivity contribution in [1.29, 1.82) is 0 Å². The monoisotopic (exact) mass is 481 g/mol. The largest absolute Gasteiger partial charge is 0.442 e. The van der Waals surface area contributed by atoms with Crippen LogP contribution < -0.4 is 15.1 Å². The zero-order chi connectivity index (χ0) is 24.5. The number of rotatable bonds is 6.